The maximum absolute atomic E-state index is 13.8. The summed E-state index contributed by atoms with van der Waals surface area (Å²) in [5, 5.41) is 0. The third-order valence-corrected chi connectivity index (χ3v) is 6.19. The van der Waals surface area contributed by atoms with E-state index in [4.69, 9.17) is 9.47 Å². The Balaban J connectivity index is 1.46. The third-order valence-electron chi connectivity index (χ3n) is 6.19. The zero-order valence-corrected chi connectivity index (χ0v) is 17.1. The van der Waals surface area contributed by atoms with Crippen LogP contribution in [0.1, 0.15) is 48.0 Å². The molecule has 2 heterocycles. The second-order valence-corrected chi connectivity index (χ2v) is 8.06. The molecule has 2 fully saturated rings. The standard InChI is InChI=1S/C24H26FNO4/c1-29-22-11-10-18(25)14-21(22)23(27)17-12-19-8-5-9-20(13-17)26(19)24(28)30-15-16-6-3-2-4-7-16/h2-4,6-7,10-11,14,17,19-20H,5,8-9,12-13,15H2,1H3. The lowest BCUT2D eigenvalue weighted by atomic mass is 9.75. The van der Waals surface area contributed by atoms with Crippen molar-refractivity contribution in [1.29, 1.82) is 0 Å². The highest BCUT2D eigenvalue weighted by Crippen LogP contribution is 2.39. The first-order chi connectivity index (χ1) is 14.6. The Kier molecular flexibility index (Phi) is 6.02. The van der Waals surface area contributed by atoms with E-state index in [9.17, 15) is 14.0 Å². The molecule has 0 saturated carbocycles. The van der Waals surface area contributed by atoms with Gasteiger partial charge >= 0.3 is 6.09 Å². The van der Waals surface area contributed by atoms with Gasteiger partial charge in [-0.3, -0.25) is 4.79 Å². The fraction of sp³-hybridized carbons (Fsp3) is 0.417. The number of piperidine rings is 2. The molecule has 2 unspecified atom stereocenters. The van der Waals surface area contributed by atoms with Gasteiger partial charge in [0.2, 0.25) is 0 Å². The van der Waals surface area contributed by atoms with Gasteiger partial charge in [0.25, 0.3) is 0 Å². The maximum atomic E-state index is 13.8. The second-order valence-electron chi connectivity index (χ2n) is 8.06. The Hall–Kier alpha value is -2.89. The lowest BCUT2D eigenvalue weighted by Crippen LogP contribution is -2.55. The van der Waals surface area contributed by atoms with Crippen LogP contribution in [0.2, 0.25) is 0 Å². The van der Waals surface area contributed by atoms with Gasteiger partial charge in [-0.2, -0.15) is 0 Å². The van der Waals surface area contributed by atoms with Gasteiger partial charge in [0, 0.05) is 18.0 Å². The summed E-state index contributed by atoms with van der Waals surface area (Å²) in [6.45, 7) is 0.235. The van der Waals surface area contributed by atoms with Crippen molar-refractivity contribution in [1.82, 2.24) is 4.90 Å². The van der Waals surface area contributed by atoms with Gasteiger partial charge in [0.1, 0.15) is 18.2 Å². The van der Waals surface area contributed by atoms with Gasteiger partial charge in [0.15, 0.2) is 5.78 Å². The Morgan fingerprint density at radius 3 is 2.43 bits per heavy atom. The number of hydrogen-bond donors (Lipinski definition) is 0. The fourth-order valence-corrected chi connectivity index (χ4v) is 4.78. The molecule has 6 heteroatoms. The summed E-state index contributed by atoms with van der Waals surface area (Å²) in [7, 11) is 1.48. The third kappa shape index (κ3) is 4.18. The largest absolute Gasteiger partial charge is 0.496 e. The summed E-state index contributed by atoms with van der Waals surface area (Å²) in [5.41, 5.74) is 1.22. The number of fused-ring (bicyclic) bond motifs is 2. The minimum absolute atomic E-state index is 0.0331. The molecule has 158 valence electrons. The molecule has 2 aromatic rings. The molecule has 0 radical (unpaired) electrons. The van der Waals surface area contributed by atoms with Gasteiger partial charge < -0.3 is 14.4 Å². The average Bonchev–Trinajstić information content (AvgIpc) is 2.76. The number of carbonyl (C=O) groups is 2. The highest BCUT2D eigenvalue weighted by atomic mass is 19.1. The molecule has 5 nitrogen and oxygen atoms in total. The summed E-state index contributed by atoms with van der Waals surface area (Å²) < 4.78 is 24.6. The number of carbonyl (C=O) groups excluding carboxylic acids is 2. The SMILES string of the molecule is COc1ccc(F)cc1C(=O)C1CC2CCCC(C1)N2C(=O)OCc1ccccc1. The van der Waals surface area contributed by atoms with Crippen molar-refractivity contribution in [2.24, 2.45) is 5.92 Å². The van der Waals surface area contributed by atoms with E-state index in [1.165, 1.54) is 25.3 Å². The van der Waals surface area contributed by atoms with Gasteiger partial charge in [-0.05, 0) is 55.9 Å². The molecule has 1 amide bonds. The van der Waals surface area contributed by atoms with Crippen LogP contribution in [0.3, 0.4) is 0 Å². The number of ether oxygens (including phenoxy) is 2. The van der Waals surface area contributed by atoms with Crippen LogP contribution in [0.5, 0.6) is 5.75 Å². The summed E-state index contributed by atoms with van der Waals surface area (Å²) in [6, 6.07) is 13.5. The van der Waals surface area contributed by atoms with Gasteiger partial charge in [0.05, 0.1) is 12.7 Å². The number of amides is 1. The first-order valence-corrected chi connectivity index (χ1v) is 10.4. The number of hydrogen-bond acceptors (Lipinski definition) is 4. The van der Waals surface area contributed by atoms with Crippen LogP contribution in [0.25, 0.3) is 0 Å². The molecule has 30 heavy (non-hydrogen) atoms. The molecule has 2 atom stereocenters. The minimum Gasteiger partial charge on any atom is -0.496 e. The smallest absolute Gasteiger partial charge is 0.410 e. The van der Waals surface area contributed by atoms with Crippen LogP contribution >= 0.6 is 0 Å². The fourth-order valence-electron chi connectivity index (χ4n) is 4.78. The van der Waals surface area contributed by atoms with Crippen LogP contribution in [0, 0.1) is 11.7 Å². The topological polar surface area (TPSA) is 55.8 Å². The highest BCUT2D eigenvalue weighted by Gasteiger charge is 2.44. The van der Waals surface area contributed by atoms with Crippen LogP contribution < -0.4 is 4.74 Å². The molecular weight excluding hydrogens is 385 g/mol. The quantitative estimate of drug-likeness (QED) is 0.651. The first-order valence-electron chi connectivity index (χ1n) is 10.4. The normalized spacial score (nSPS) is 23.0. The molecule has 0 N–H and O–H groups in total. The molecule has 0 spiro atoms. The first kappa shape index (κ1) is 20.4. The van der Waals surface area contributed by atoms with Crippen molar-refractivity contribution in [3.05, 3.63) is 65.5 Å². The number of rotatable bonds is 5. The predicted molar refractivity (Wildman–Crippen MR) is 110 cm³/mol. The predicted octanol–water partition coefficient (Wildman–Crippen LogP) is 4.99. The second kappa shape index (κ2) is 8.86. The number of benzene rings is 2. The van der Waals surface area contributed by atoms with Crippen LogP contribution in [-0.4, -0.2) is 36.0 Å². The molecule has 0 aromatic heterocycles. The van der Waals surface area contributed by atoms with E-state index >= 15 is 0 Å². The Morgan fingerprint density at radius 1 is 1.07 bits per heavy atom. The highest BCUT2D eigenvalue weighted by molar-refractivity contribution is 6.00. The lowest BCUT2D eigenvalue weighted by Gasteiger charge is -2.47. The zero-order chi connectivity index (χ0) is 21.1. The molecule has 4 rings (SSSR count). The van der Waals surface area contributed by atoms with Crippen molar-refractivity contribution in [3.8, 4) is 5.75 Å². The lowest BCUT2D eigenvalue weighted by molar-refractivity contribution is 0.00467. The van der Waals surface area contributed by atoms with E-state index in [2.05, 4.69) is 0 Å². The van der Waals surface area contributed by atoms with Gasteiger partial charge in [-0.1, -0.05) is 30.3 Å². The van der Waals surface area contributed by atoms with Crippen LogP contribution in [-0.2, 0) is 11.3 Å². The van der Waals surface area contributed by atoms with E-state index in [1.807, 2.05) is 35.2 Å². The molecule has 2 aliphatic rings. The molecule has 2 bridgehead atoms. The molecular formula is C24H26FNO4. The van der Waals surface area contributed by atoms with Crippen molar-refractivity contribution in [2.45, 2.75) is 50.8 Å². The van der Waals surface area contributed by atoms with Crippen LogP contribution in [0.15, 0.2) is 48.5 Å². The number of halogens is 1. The Morgan fingerprint density at radius 2 is 1.77 bits per heavy atom. The van der Waals surface area contributed by atoms with E-state index in [0.717, 1.165) is 24.8 Å². The van der Waals surface area contributed by atoms with Gasteiger partial charge in [-0.15, -0.1) is 0 Å². The monoisotopic (exact) mass is 411 g/mol. The molecule has 2 saturated heterocycles. The molecule has 0 aliphatic carbocycles. The zero-order valence-electron chi connectivity index (χ0n) is 17.1. The molecule has 2 aromatic carbocycles. The maximum Gasteiger partial charge on any atom is 0.410 e. The van der Waals surface area contributed by atoms with E-state index in [1.54, 1.807) is 0 Å². The number of ketones is 1. The van der Waals surface area contributed by atoms with E-state index < -0.39 is 5.82 Å². The van der Waals surface area contributed by atoms with Crippen LogP contribution in [0.4, 0.5) is 9.18 Å². The van der Waals surface area contributed by atoms with Crippen molar-refractivity contribution >= 4 is 11.9 Å². The summed E-state index contributed by atoms with van der Waals surface area (Å²) in [4.78, 5) is 27.8. The average molecular weight is 411 g/mol. The molecule has 2 aliphatic heterocycles. The van der Waals surface area contributed by atoms with E-state index in [0.29, 0.717) is 18.6 Å². The van der Waals surface area contributed by atoms with E-state index in [-0.39, 0.29) is 42.0 Å². The Labute approximate surface area is 175 Å². The number of Topliss-reactive ketones (excluding diaryl/α,β-unsaturated/α-hetero) is 1. The Bertz CT molecular complexity index is 903. The summed E-state index contributed by atoms with van der Waals surface area (Å²) in [5.74, 6) is -0.438. The van der Waals surface area contributed by atoms with Gasteiger partial charge in [-0.25, -0.2) is 9.18 Å². The van der Waals surface area contributed by atoms with Crippen molar-refractivity contribution in [2.75, 3.05) is 7.11 Å². The number of nitrogens with zero attached hydrogens (tertiary/aromatic N) is 1. The van der Waals surface area contributed by atoms with Crippen molar-refractivity contribution in [3.63, 3.8) is 0 Å². The summed E-state index contributed by atoms with van der Waals surface area (Å²) >= 11 is 0. The number of methoxy groups -OCH3 is 1. The minimum atomic E-state index is -0.457. The van der Waals surface area contributed by atoms with Crippen molar-refractivity contribution < 1.29 is 23.5 Å². The summed E-state index contributed by atoms with van der Waals surface area (Å²) in [6.07, 6.45) is 3.54.